The van der Waals surface area contributed by atoms with Gasteiger partial charge in [-0.15, -0.1) is 18.3 Å². The third-order valence-electron chi connectivity index (χ3n) is 4.84. The van der Waals surface area contributed by atoms with Gasteiger partial charge in [0.25, 0.3) is 0 Å². The normalized spacial score (nSPS) is 18.8. The fraction of sp³-hybridized carbons (Fsp3) is 0.238. The molecule has 0 radical (unpaired) electrons. The van der Waals surface area contributed by atoms with Gasteiger partial charge in [0.05, 0.1) is 28.3 Å². The summed E-state index contributed by atoms with van der Waals surface area (Å²) in [6, 6.07) is 16.2. The highest BCUT2D eigenvalue weighted by atomic mass is 32.2. The summed E-state index contributed by atoms with van der Waals surface area (Å²) in [5.41, 5.74) is 1.57. The largest absolute Gasteiger partial charge is 0.573 e. The molecule has 0 spiro atoms. The molecule has 0 bridgehead atoms. The zero-order valence-corrected chi connectivity index (χ0v) is 17.4. The van der Waals surface area contributed by atoms with Crippen molar-refractivity contribution in [2.24, 2.45) is 5.92 Å². The first-order valence-electron chi connectivity index (χ1n) is 9.73. The van der Waals surface area contributed by atoms with Crippen LogP contribution < -0.4 is 14.8 Å². The van der Waals surface area contributed by atoms with Crippen LogP contribution in [0.2, 0.25) is 0 Å². The first kappa shape index (κ1) is 22.0. The number of nitrogens with zero attached hydrogens (tertiary/aromatic N) is 2. The second-order valence-corrected chi connectivity index (χ2v) is 8.50. The maximum Gasteiger partial charge on any atom is 0.573 e. The maximum atomic E-state index is 12.7. The molecule has 3 aromatic rings. The molecule has 1 amide bonds. The summed E-state index contributed by atoms with van der Waals surface area (Å²) >= 11 is 0. The number of rotatable bonds is 5. The van der Waals surface area contributed by atoms with Crippen LogP contribution in [0.15, 0.2) is 60.7 Å². The molecule has 0 saturated carbocycles. The molecule has 1 saturated heterocycles. The van der Waals surface area contributed by atoms with E-state index in [9.17, 15) is 22.2 Å². The summed E-state index contributed by atoms with van der Waals surface area (Å²) in [7, 11) is -1.12. The highest BCUT2D eigenvalue weighted by molar-refractivity contribution is 7.83. The van der Waals surface area contributed by atoms with Crippen molar-refractivity contribution in [3.63, 3.8) is 0 Å². The molecule has 168 valence electrons. The van der Waals surface area contributed by atoms with Gasteiger partial charge in [-0.25, -0.2) is 13.6 Å². The number of aromatic nitrogens is 2. The third kappa shape index (κ3) is 5.35. The molecule has 1 fully saturated rings. The Morgan fingerprint density at radius 3 is 2.62 bits per heavy atom. The number of carbonyl (C=O) groups excluding carboxylic acids is 1. The molecule has 2 atom stereocenters. The van der Waals surface area contributed by atoms with Crippen LogP contribution in [-0.4, -0.2) is 38.6 Å². The van der Waals surface area contributed by atoms with Gasteiger partial charge in [-0.1, -0.05) is 30.3 Å². The number of para-hydroxylation sites is 1. The van der Waals surface area contributed by atoms with Crippen molar-refractivity contribution in [2.75, 3.05) is 17.6 Å². The summed E-state index contributed by atoms with van der Waals surface area (Å²) in [5.74, 6) is -0.354. The van der Waals surface area contributed by atoms with E-state index in [1.807, 2.05) is 6.07 Å². The van der Waals surface area contributed by atoms with Gasteiger partial charge in [-0.3, -0.25) is 4.79 Å². The molecular formula is C21H19F3N4O3S. The Bertz CT molecular complexity index is 1120. The molecule has 1 aliphatic rings. The van der Waals surface area contributed by atoms with E-state index in [1.54, 1.807) is 36.4 Å². The van der Waals surface area contributed by atoms with E-state index in [4.69, 9.17) is 0 Å². The Labute approximate surface area is 184 Å². The minimum Gasteiger partial charge on any atom is -0.406 e. The minimum absolute atomic E-state index is 0.252. The van der Waals surface area contributed by atoms with Crippen LogP contribution in [0.25, 0.3) is 16.9 Å². The van der Waals surface area contributed by atoms with Crippen LogP contribution >= 0.6 is 0 Å². The van der Waals surface area contributed by atoms with E-state index in [2.05, 4.69) is 19.9 Å². The molecule has 2 unspecified atom stereocenters. The Hall–Kier alpha value is -3.18. The molecule has 2 N–H and O–H groups in total. The Morgan fingerprint density at radius 1 is 1.16 bits per heavy atom. The van der Waals surface area contributed by atoms with E-state index >= 15 is 0 Å². The number of halogens is 3. The SMILES string of the molecule is O=C(Nc1cc(-c2cccc(OC(F)(F)F)c2)n(-c2ccccc2)n1)C1CCS(=O)NC1. The van der Waals surface area contributed by atoms with Gasteiger partial charge in [-0.05, 0) is 30.7 Å². The molecule has 1 aliphatic heterocycles. The van der Waals surface area contributed by atoms with Crippen LogP contribution in [0.4, 0.5) is 19.0 Å². The van der Waals surface area contributed by atoms with Crippen molar-refractivity contribution < 1.29 is 26.9 Å². The van der Waals surface area contributed by atoms with Gasteiger partial charge in [-0.2, -0.15) is 0 Å². The molecule has 2 heterocycles. The van der Waals surface area contributed by atoms with Gasteiger partial charge >= 0.3 is 6.36 Å². The van der Waals surface area contributed by atoms with Crippen molar-refractivity contribution in [3.8, 4) is 22.7 Å². The summed E-state index contributed by atoms with van der Waals surface area (Å²) in [4.78, 5) is 12.6. The first-order chi connectivity index (χ1) is 15.3. The van der Waals surface area contributed by atoms with Gasteiger partial charge in [0.2, 0.25) is 5.91 Å². The van der Waals surface area contributed by atoms with Crippen LogP contribution in [0, 0.1) is 5.92 Å². The van der Waals surface area contributed by atoms with Crippen LogP contribution in [0.3, 0.4) is 0 Å². The Kier molecular flexibility index (Phi) is 6.28. The zero-order chi connectivity index (χ0) is 22.7. The summed E-state index contributed by atoms with van der Waals surface area (Å²) in [6.07, 6.45) is -4.33. The fourth-order valence-electron chi connectivity index (χ4n) is 3.34. The highest BCUT2D eigenvalue weighted by Crippen LogP contribution is 2.31. The molecule has 1 aromatic heterocycles. The van der Waals surface area contributed by atoms with Gasteiger partial charge in [0.15, 0.2) is 5.82 Å². The number of carbonyl (C=O) groups is 1. The van der Waals surface area contributed by atoms with E-state index < -0.39 is 17.3 Å². The maximum absolute atomic E-state index is 12.7. The molecular weight excluding hydrogens is 445 g/mol. The van der Waals surface area contributed by atoms with Crippen molar-refractivity contribution in [1.29, 1.82) is 0 Å². The number of amides is 1. The molecule has 4 rings (SSSR count). The number of alkyl halides is 3. The van der Waals surface area contributed by atoms with Gasteiger partial charge in [0, 0.05) is 23.9 Å². The molecule has 2 aromatic carbocycles. The number of benzene rings is 2. The fourth-order valence-corrected chi connectivity index (χ4v) is 4.37. The van der Waals surface area contributed by atoms with E-state index in [-0.39, 0.29) is 23.4 Å². The number of nitrogens with one attached hydrogen (secondary N) is 2. The van der Waals surface area contributed by atoms with E-state index in [0.717, 1.165) is 0 Å². The number of ether oxygens (including phenoxy) is 1. The third-order valence-corrected chi connectivity index (χ3v) is 5.93. The van der Waals surface area contributed by atoms with Crippen LogP contribution in [-0.2, 0) is 15.8 Å². The first-order valence-corrected chi connectivity index (χ1v) is 11.0. The second kappa shape index (κ2) is 9.13. The van der Waals surface area contributed by atoms with E-state index in [1.165, 1.54) is 22.9 Å². The quantitative estimate of drug-likeness (QED) is 0.604. The van der Waals surface area contributed by atoms with Crippen molar-refractivity contribution in [2.45, 2.75) is 12.8 Å². The number of hydrogen-bond donors (Lipinski definition) is 2. The van der Waals surface area contributed by atoms with Gasteiger partial charge in [0.1, 0.15) is 5.75 Å². The lowest BCUT2D eigenvalue weighted by molar-refractivity contribution is -0.274. The second-order valence-electron chi connectivity index (χ2n) is 7.11. The highest BCUT2D eigenvalue weighted by Gasteiger charge is 2.31. The smallest absolute Gasteiger partial charge is 0.406 e. The Morgan fingerprint density at radius 2 is 1.94 bits per heavy atom. The van der Waals surface area contributed by atoms with Crippen molar-refractivity contribution in [1.82, 2.24) is 14.5 Å². The zero-order valence-electron chi connectivity index (χ0n) is 16.6. The topological polar surface area (TPSA) is 85.2 Å². The molecule has 32 heavy (non-hydrogen) atoms. The molecule has 7 nitrogen and oxygen atoms in total. The number of anilines is 1. The lowest BCUT2D eigenvalue weighted by Crippen LogP contribution is -2.39. The lowest BCUT2D eigenvalue weighted by Gasteiger charge is -2.20. The van der Waals surface area contributed by atoms with Crippen LogP contribution in [0.5, 0.6) is 5.75 Å². The minimum atomic E-state index is -4.81. The van der Waals surface area contributed by atoms with Crippen molar-refractivity contribution >= 4 is 22.7 Å². The average Bonchev–Trinajstić information content (AvgIpc) is 3.17. The summed E-state index contributed by atoms with van der Waals surface area (Å²) in [6.45, 7) is 0.293. The molecule has 11 heteroatoms. The van der Waals surface area contributed by atoms with Gasteiger partial charge < -0.3 is 10.1 Å². The standard InChI is InChI=1S/C21H19F3N4O3S/c22-21(23,24)31-17-8-4-5-14(11-17)18-12-19(27-28(18)16-6-2-1-3-7-16)26-20(29)15-9-10-32(30)25-13-15/h1-8,11-12,15,25H,9-10,13H2,(H,26,27,29). The Balaban J connectivity index is 1.66. The predicted molar refractivity (Wildman–Crippen MR) is 113 cm³/mol. The summed E-state index contributed by atoms with van der Waals surface area (Å²) < 4.78 is 57.8. The van der Waals surface area contributed by atoms with Crippen LogP contribution in [0.1, 0.15) is 6.42 Å². The predicted octanol–water partition coefficient (Wildman–Crippen LogP) is 3.65. The monoisotopic (exact) mass is 464 g/mol. The van der Waals surface area contributed by atoms with Crippen molar-refractivity contribution in [3.05, 3.63) is 60.7 Å². The van der Waals surface area contributed by atoms with E-state index in [0.29, 0.717) is 35.7 Å². The lowest BCUT2D eigenvalue weighted by atomic mass is 10.1. The summed E-state index contributed by atoms with van der Waals surface area (Å²) in [5, 5.41) is 7.21. The molecule has 0 aliphatic carbocycles. The average molecular weight is 464 g/mol. The number of hydrogen-bond acceptors (Lipinski definition) is 4.